The summed E-state index contributed by atoms with van der Waals surface area (Å²) in [6, 6.07) is 0. The Kier molecular flexibility index (Phi) is 1.34. The van der Waals surface area contributed by atoms with E-state index in [1.165, 1.54) is 19.3 Å². The van der Waals surface area contributed by atoms with E-state index in [0.29, 0.717) is 0 Å². The van der Waals surface area contributed by atoms with E-state index < -0.39 is 0 Å². The molecule has 0 saturated heterocycles. The molecule has 0 unspecified atom stereocenters. The van der Waals surface area contributed by atoms with Crippen molar-refractivity contribution >= 4 is 11.3 Å². The van der Waals surface area contributed by atoms with Gasteiger partial charge in [-0.3, -0.25) is 0 Å². The predicted molar refractivity (Wildman–Crippen MR) is 45.8 cm³/mol. The van der Waals surface area contributed by atoms with Crippen LogP contribution in [0.2, 0.25) is 0 Å². The molecule has 0 nitrogen and oxygen atoms in total. The fourth-order valence-corrected chi connectivity index (χ4v) is 3.03. The molecule has 0 spiro atoms. The fraction of sp³-hybridized carbons (Fsp3) is 0.556. The van der Waals surface area contributed by atoms with Crippen molar-refractivity contribution < 1.29 is 0 Å². The molecule has 0 atom stereocenters. The summed E-state index contributed by atoms with van der Waals surface area (Å²) in [6.45, 7) is 4.50. The summed E-state index contributed by atoms with van der Waals surface area (Å²) < 4.78 is 0. The van der Waals surface area contributed by atoms with Gasteiger partial charge in [0.2, 0.25) is 0 Å². The molecule has 0 bridgehead atoms. The molecule has 1 aliphatic rings. The predicted octanol–water partition coefficient (Wildman–Crippen LogP) is 2.85. The Hall–Kier alpha value is -0.300. The van der Waals surface area contributed by atoms with Gasteiger partial charge in [0.15, 0.2) is 0 Å². The third-order valence-corrected chi connectivity index (χ3v) is 3.48. The number of thiophene rings is 1. The highest BCUT2D eigenvalue weighted by atomic mass is 32.1. The van der Waals surface area contributed by atoms with E-state index >= 15 is 0 Å². The lowest BCUT2D eigenvalue weighted by Crippen LogP contribution is -1.76. The molecule has 0 amide bonds. The summed E-state index contributed by atoms with van der Waals surface area (Å²) >= 11 is 1.97. The summed E-state index contributed by atoms with van der Waals surface area (Å²) in [4.78, 5) is 3.12. The molecule has 0 saturated carbocycles. The Bertz CT molecular complexity index is 233. The van der Waals surface area contributed by atoms with Crippen molar-refractivity contribution in [1.82, 2.24) is 0 Å². The van der Waals surface area contributed by atoms with E-state index in [1.807, 2.05) is 11.3 Å². The minimum atomic E-state index is 1.34. The fourth-order valence-electron chi connectivity index (χ4n) is 1.87. The van der Waals surface area contributed by atoms with Gasteiger partial charge >= 0.3 is 0 Å². The van der Waals surface area contributed by atoms with Gasteiger partial charge in [0.25, 0.3) is 0 Å². The van der Waals surface area contributed by atoms with Crippen LogP contribution in [0.5, 0.6) is 0 Å². The van der Waals surface area contributed by atoms with Gasteiger partial charge in [-0.05, 0) is 44.2 Å². The topological polar surface area (TPSA) is 0 Å². The summed E-state index contributed by atoms with van der Waals surface area (Å²) in [7, 11) is 0. The van der Waals surface area contributed by atoms with Gasteiger partial charge in [0.05, 0.1) is 0 Å². The molecule has 0 radical (unpaired) electrons. The maximum atomic E-state index is 2.25. The van der Waals surface area contributed by atoms with Crippen molar-refractivity contribution in [3.05, 3.63) is 20.9 Å². The second kappa shape index (κ2) is 2.09. The maximum Gasteiger partial charge on any atom is 0.00518 e. The van der Waals surface area contributed by atoms with Gasteiger partial charge in [-0.25, -0.2) is 0 Å². The normalized spacial score (nSPS) is 15.8. The number of hydrogen-bond donors (Lipinski definition) is 0. The van der Waals surface area contributed by atoms with Crippen molar-refractivity contribution in [3.63, 3.8) is 0 Å². The van der Waals surface area contributed by atoms with E-state index in [2.05, 4.69) is 13.8 Å². The number of aryl methyl sites for hydroxylation is 2. The van der Waals surface area contributed by atoms with Gasteiger partial charge in [-0.2, -0.15) is 0 Å². The van der Waals surface area contributed by atoms with Crippen LogP contribution in [0.25, 0.3) is 0 Å². The average molecular weight is 152 g/mol. The lowest BCUT2D eigenvalue weighted by molar-refractivity contribution is 0.907. The molecular weight excluding hydrogens is 140 g/mol. The largest absolute Gasteiger partial charge is 0.145 e. The van der Waals surface area contributed by atoms with Crippen molar-refractivity contribution in [1.29, 1.82) is 0 Å². The average Bonchev–Trinajstić information content (AvgIpc) is 2.39. The number of hydrogen-bond acceptors (Lipinski definition) is 1. The van der Waals surface area contributed by atoms with E-state index in [-0.39, 0.29) is 0 Å². The Balaban J connectivity index is 2.61. The molecule has 1 heteroatoms. The van der Waals surface area contributed by atoms with Crippen LogP contribution in [0.4, 0.5) is 0 Å². The molecule has 1 aliphatic carbocycles. The van der Waals surface area contributed by atoms with Crippen LogP contribution in [0, 0.1) is 13.8 Å². The SMILES string of the molecule is Cc1sc(C)c2c1CCC2. The van der Waals surface area contributed by atoms with E-state index in [9.17, 15) is 0 Å². The van der Waals surface area contributed by atoms with Crippen molar-refractivity contribution in [3.8, 4) is 0 Å². The monoisotopic (exact) mass is 152 g/mol. The molecule has 0 N–H and O–H groups in total. The van der Waals surface area contributed by atoms with E-state index in [0.717, 1.165) is 0 Å². The lowest BCUT2D eigenvalue weighted by atomic mass is 10.2. The van der Waals surface area contributed by atoms with Crippen molar-refractivity contribution in [2.75, 3.05) is 0 Å². The summed E-state index contributed by atoms with van der Waals surface area (Å²) in [6.07, 6.45) is 4.07. The lowest BCUT2D eigenvalue weighted by Gasteiger charge is -1.88. The molecule has 54 valence electrons. The molecule has 0 aromatic carbocycles. The smallest absolute Gasteiger partial charge is 0.00518 e. The maximum absolute atomic E-state index is 2.25. The first-order valence-electron chi connectivity index (χ1n) is 3.87. The van der Waals surface area contributed by atoms with Gasteiger partial charge < -0.3 is 0 Å². The van der Waals surface area contributed by atoms with Crippen LogP contribution in [0.15, 0.2) is 0 Å². The Morgan fingerprint density at radius 3 is 2.00 bits per heavy atom. The van der Waals surface area contributed by atoms with Crippen LogP contribution < -0.4 is 0 Å². The Morgan fingerprint density at radius 2 is 1.50 bits per heavy atom. The van der Waals surface area contributed by atoms with Gasteiger partial charge in [-0.1, -0.05) is 0 Å². The van der Waals surface area contributed by atoms with E-state index in [4.69, 9.17) is 0 Å². The molecule has 0 fully saturated rings. The molecule has 1 aromatic rings. The van der Waals surface area contributed by atoms with E-state index in [1.54, 1.807) is 20.9 Å². The van der Waals surface area contributed by atoms with Crippen molar-refractivity contribution in [2.24, 2.45) is 0 Å². The summed E-state index contributed by atoms with van der Waals surface area (Å²) in [5, 5.41) is 0. The molecule has 1 heterocycles. The van der Waals surface area contributed by atoms with Crippen LogP contribution in [0.1, 0.15) is 27.3 Å². The first-order valence-corrected chi connectivity index (χ1v) is 4.68. The first-order chi connectivity index (χ1) is 4.79. The molecular formula is C9H12S. The first kappa shape index (κ1) is 6.41. The van der Waals surface area contributed by atoms with Crippen molar-refractivity contribution in [2.45, 2.75) is 33.1 Å². The molecule has 1 aromatic heterocycles. The Morgan fingerprint density at radius 1 is 1.00 bits per heavy atom. The second-order valence-electron chi connectivity index (χ2n) is 3.03. The highest BCUT2D eigenvalue weighted by Gasteiger charge is 2.17. The molecule has 2 rings (SSSR count). The molecule has 10 heavy (non-hydrogen) atoms. The van der Waals surface area contributed by atoms with Gasteiger partial charge in [0, 0.05) is 9.75 Å². The third-order valence-electron chi connectivity index (χ3n) is 2.37. The quantitative estimate of drug-likeness (QED) is 0.536. The number of fused-ring (bicyclic) bond motifs is 1. The minimum Gasteiger partial charge on any atom is -0.145 e. The number of rotatable bonds is 0. The van der Waals surface area contributed by atoms with Crippen LogP contribution in [-0.2, 0) is 12.8 Å². The summed E-state index contributed by atoms with van der Waals surface area (Å²) in [5.74, 6) is 0. The third kappa shape index (κ3) is 0.734. The zero-order valence-electron chi connectivity index (χ0n) is 6.53. The molecule has 0 aliphatic heterocycles. The van der Waals surface area contributed by atoms with Gasteiger partial charge in [-0.15, -0.1) is 11.3 Å². The van der Waals surface area contributed by atoms with Crippen LogP contribution in [0.3, 0.4) is 0 Å². The van der Waals surface area contributed by atoms with Crippen LogP contribution >= 0.6 is 11.3 Å². The minimum absolute atomic E-state index is 1.34. The Labute approximate surface area is 65.9 Å². The standard InChI is InChI=1S/C9H12S/c1-6-8-4-3-5-9(8)7(2)10-6/h3-5H2,1-2H3. The van der Waals surface area contributed by atoms with Crippen LogP contribution in [-0.4, -0.2) is 0 Å². The zero-order chi connectivity index (χ0) is 7.14. The second-order valence-corrected chi connectivity index (χ2v) is 4.45. The van der Waals surface area contributed by atoms with Gasteiger partial charge in [0.1, 0.15) is 0 Å². The highest BCUT2D eigenvalue weighted by molar-refractivity contribution is 7.12. The zero-order valence-corrected chi connectivity index (χ0v) is 7.35. The highest BCUT2D eigenvalue weighted by Crippen LogP contribution is 2.33. The summed E-state index contributed by atoms with van der Waals surface area (Å²) in [5.41, 5.74) is 3.34.